The smallest absolute Gasteiger partial charge is 0.311 e. The monoisotopic (exact) mass is 282 g/mol. The van der Waals surface area contributed by atoms with E-state index < -0.39 is 4.92 Å². The fourth-order valence-corrected chi connectivity index (χ4v) is 2.04. The highest BCUT2D eigenvalue weighted by atomic mass is 16.6. The van der Waals surface area contributed by atoms with Gasteiger partial charge in [-0.25, -0.2) is 0 Å². The number of rotatable bonds is 9. The number of aliphatic hydroxyl groups is 1. The number of hydrogen-bond donors (Lipinski definition) is 1. The molecule has 0 aliphatic carbocycles. The maximum Gasteiger partial charge on any atom is 0.311 e. The van der Waals surface area contributed by atoms with Gasteiger partial charge in [0.25, 0.3) is 0 Å². The lowest BCUT2D eigenvalue weighted by Crippen LogP contribution is -2.19. The molecule has 1 aromatic rings. The number of methoxy groups -OCH3 is 1. The Bertz CT molecular complexity index is 437. The quantitative estimate of drug-likeness (QED) is 0.427. The maximum absolute atomic E-state index is 11.0. The SMILES string of the molecule is COc1ccc(CN(C)CCCCCO)cc1[N+](=O)[O-]. The lowest BCUT2D eigenvalue weighted by atomic mass is 10.1. The highest BCUT2D eigenvalue weighted by Crippen LogP contribution is 2.27. The van der Waals surface area contributed by atoms with Crippen LogP contribution in [0.25, 0.3) is 0 Å². The van der Waals surface area contributed by atoms with Gasteiger partial charge in [0.15, 0.2) is 5.75 Å². The summed E-state index contributed by atoms with van der Waals surface area (Å²) in [5.74, 6) is 0.282. The first-order valence-corrected chi connectivity index (χ1v) is 6.69. The predicted molar refractivity (Wildman–Crippen MR) is 76.9 cm³/mol. The van der Waals surface area contributed by atoms with Crippen LogP contribution in [-0.4, -0.2) is 42.2 Å². The Kier molecular flexibility index (Phi) is 6.97. The molecule has 0 atom stereocenters. The molecule has 0 saturated heterocycles. The number of nitro groups is 1. The summed E-state index contributed by atoms with van der Waals surface area (Å²) in [6.07, 6.45) is 2.82. The summed E-state index contributed by atoms with van der Waals surface area (Å²) in [6.45, 7) is 1.79. The van der Waals surface area contributed by atoms with Crippen molar-refractivity contribution in [2.75, 3.05) is 27.3 Å². The van der Waals surface area contributed by atoms with Crippen molar-refractivity contribution in [2.24, 2.45) is 0 Å². The molecule has 6 heteroatoms. The van der Waals surface area contributed by atoms with Crippen LogP contribution in [0.4, 0.5) is 5.69 Å². The second kappa shape index (κ2) is 8.50. The van der Waals surface area contributed by atoms with Gasteiger partial charge in [0.05, 0.1) is 12.0 Å². The van der Waals surface area contributed by atoms with Crippen LogP contribution < -0.4 is 4.74 Å². The maximum atomic E-state index is 11.0. The summed E-state index contributed by atoms with van der Waals surface area (Å²) in [5, 5.41) is 19.7. The first-order chi connectivity index (χ1) is 9.58. The summed E-state index contributed by atoms with van der Waals surface area (Å²) in [6, 6.07) is 5.03. The summed E-state index contributed by atoms with van der Waals surface area (Å²) < 4.78 is 4.98. The third kappa shape index (κ3) is 5.14. The van der Waals surface area contributed by atoms with Crippen molar-refractivity contribution in [1.29, 1.82) is 0 Å². The molecule has 0 aromatic heterocycles. The third-order valence-electron chi connectivity index (χ3n) is 3.09. The number of ether oxygens (including phenoxy) is 1. The van der Waals surface area contributed by atoms with E-state index in [0.717, 1.165) is 31.4 Å². The standard InChI is InChI=1S/C14H22N2O4/c1-15(8-4-3-5-9-17)11-12-6-7-14(20-2)13(10-12)16(18)19/h6-7,10,17H,3-5,8-9,11H2,1-2H3. The lowest BCUT2D eigenvalue weighted by Gasteiger charge is -2.16. The molecule has 1 aromatic carbocycles. The number of aliphatic hydroxyl groups excluding tert-OH is 1. The number of nitrogens with zero attached hydrogens (tertiary/aromatic N) is 2. The minimum absolute atomic E-state index is 0.00122. The topological polar surface area (TPSA) is 75.8 Å². The molecule has 0 spiro atoms. The zero-order valence-electron chi connectivity index (χ0n) is 12.0. The Morgan fingerprint density at radius 1 is 1.35 bits per heavy atom. The van der Waals surface area contributed by atoms with Crippen LogP contribution in [0.2, 0.25) is 0 Å². The largest absolute Gasteiger partial charge is 0.490 e. The minimum Gasteiger partial charge on any atom is -0.490 e. The summed E-state index contributed by atoms with van der Waals surface area (Å²) >= 11 is 0. The van der Waals surface area contributed by atoms with E-state index in [0.29, 0.717) is 6.54 Å². The van der Waals surface area contributed by atoms with Crippen molar-refractivity contribution in [3.05, 3.63) is 33.9 Å². The van der Waals surface area contributed by atoms with Crippen LogP contribution in [0.15, 0.2) is 18.2 Å². The zero-order chi connectivity index (χ0) is 15.0. The van der Waals surface area contributed by atoms with E-state index in [9.17, 15) is 10.1 Å². The van der Waals surface area contributed by atoms with Crippen molar-refractivity contribution in [3.63, 3.8) is 0 Å². The average Bonchev–Trinajstić information content (AvgIpc) is 2.43. The van der Waals surface area contributed by atoms with Crippen LogP contribution >= 0.6 is 0 Å². The summed E-state index contributed by atoms with van der Waals surface area (Å²) in [5.41, 5.74) is 0.890. The van der Waals surface area contributed by atoms with Crippen molar-refractivity contribution < 1.29 is 14.8 Å². The zero-order valence-corrected chi connectivity index (χ0v) is 12.0. The summed E-state index contributed by atoms with van der Waals surface area (Å²) in [4.78, 5) is 12.6. The van der Waals surface area contributed by atoms with Gasteiger partial charge in [-0.2, -0.15) is 0 Å². The van der Waals surface area contributed by atoms with Gasteiger partial charge in [0, 0.05) is 19.2 Å². The number of hydrogen-bond acceptors (Lipinski definition) is 5. The molecule has 0 heterocycles. The second-order valence-corrected chi connectivity index (χ2v) is 4.79. The molecule has 0 amide bonds. The minimum atomic E-state index is -0.427. The molecule has 112 valence electrons. The molecule has 6 nitrogen and oxygen atoms in total. The Balaban J connectivity index is 2.59. The van der Waals surface area contributed by atoms with E-state index >= 15 is 0 Å². The normalized spacial score (nSPS) is 10.8. The molecular formula is C14H22N2O4. The number of nitro benzene ring substituents is 1. The van der Waals surface area contributed by atoms with Gasteiger partial charge >= 0.3 is 5.69 Å². The third-order valence-corrected chi connectivity index (χ3v) is 3.09. The molecule has 0 bridgehead atoms. The van der Waals surface area contributed by atoms with E-state index in [4.69, 9.17) is 9.84 Å². The predicted octanol–water partition coefficient (Wildman–Crippen LogP) is 2.20. The number of benzene rings is 1. The molecule has 0 fully saturated rings. The highest BCUT2D eigenvalue weighted by Gasteiger charge is 2.15. The van der Waals surface area contributed by atoms with Crippen LogP contribution in [0, 0.1) is 10.1 Å². The molecular weight excluding hydrogens is 260 g/mol. The van der Waals surface area contributed by atoms with E-state index in [1.165, 1.54) is 7.11 Å². The van der Waals surface area contributed by atoms with Crippen molar-refractivity contribution in [2.45, 2.75) is 25.8 Å². The molecule has 0 aliphatic heterocycles. The van der Waals surface area contributed by atoms with Crippen LogP contribution in [0.1, 0.15) is 24.8 Å². The van der Waals surface area contributed by atoms with Gasteiger partial charge in [-0.15, -0.1) is 0 Å². The molecule has 0 aliphatic rings. The lowest BCUT2D eigenvalue weighted by molar-refractivity contribution is -0.385. The second-order valence-electron chi connectivity index (χ2n) is 4.79. The van der Waals surface area contributed by atoms with Gasteiger partial charge in [-0.3, -0.25) is 10.1 Å². The highest BCUT2D eigenvalue weighted by molar-refractivity contribution is 5.48. The Hall–Kier alpha value is -1.66. The van der Waals surface area contributed by atoms with Crippen LogP contribution in [0.5, 0.6) is 5.75 Å². The molecule has 0 unspecified atom stereocenters. The van der Waals surface area contributed by atoms with Gasteiger partial charge in [-0.05, 0) is 44.5 Å². The molecule has 20 heavy (non-hydrogen) atoms. The first kappa shape index (κ1) is 16.4. The van der Waals surface area contributed by atoms with Gasteiger partial charge in [0.2, 0.25) is 0 Å². The molecule has 0 saturated carbocycles. The van der Waals surface area contributed by atoms with E-state index in [-0.39, 0.29) is 18.0 Å². The van der Waals surface area contributed by atoms with Gasteiger partial charge < -0.3 is 14.7 Å². The molecule has 0 radical (unpaired) electrons. The van der Waals surface area contributed by atoms with Gasteiger partial charge in [0.1, 0.15) is 0 Å². The molecule has 1 N–H and O–H groups in total. The van der Waals surface area contributed by atoms with Crippen LogP contribution in [0.3, 0.4) is 0 Å². The van der Waals surface area contributed by atoms with E-state index in [2.05, 4.69) is 4.90 Å². The Morgan fingerprint density at radius 2 is 2.10 bits per heavy atom. The van der Waals surface area contributed by atoms with Crippen molar-refractivity contribution >= 4 is 5.69 Å². The first-order valence-electron chi connectivity index (χ1n) is 6.69. The molecule has 1 rings (SSSR count). The average molecular weight is 282 g/mol. The van der Waals surface area contributed by atoms with E-state index in [1.54, 1.807) is 12.1 Å². The van der Waals surface area contributed by atoms with E-state index in [1.807, 2.05) is 13.1 Å². The van der Waals surface area contributed by atoms with Crippen molar-refractivity contribution in [1.82, 2.24) is 4.90 Å². The fourth-order valence-electron chi connectivity index (χ4n) is 2.04. The number of unbranched alkanes of at least 4 members (excludes halogenated alkanes) is 2. The Morgan fingerprint density at radius 3 is 2.70 bits per heavy atom. The Labute approximate surface area is 119 Å². The van der Waals surface area contributed by atoms with Crippen LogP contribution in [-0.2, 0) is 6.54 Å². The summed E-state index contributed by atoms with van der Waals surface area (Å²) in [7, 11) is 3.41. The van der Waals surface area contributed by atoms with Gasteiger partial charge in [-0.1, -0.05) is 6.07 Å². The van der Waals surface area contributed by atoms with Crippen molar-refractivity contribution in [3.8, 4) is 5.75 Å². The fraction of sp³-hybridized carbons (Fsp3) is 0.571.